The van der Waals surface area contributed by atoms with Gasteiger partial charge in [0.15, 0.2) is 0 Å². The molecule has 0 bridgehead atoms. The quantitative estimate of drug-likeness (QED) is 0.690. The van der Waals surface area contributed by atoms with Crippen molar-refractivity contribution in [3.05, 3.63) is 54.1 Å². The molecule has 0 amide bonds. The van der Waals surface area contributed by atoms with E-state index in [0.717, 1.165) is 28.0 Å². The summed E-state index contributed by atoms with van der Waals surface area (Å²) in [7, 11) is 0. The number of H-pyrrole nitrogens is 1. The summed E-state index contributed by atoms with van der Waals surface area (Å²) in [6, 6.07) is 12.3. The number of alkyl halides is 1. The van der Waals surface area contributed by atoms with Crippen LogP contribution in [0.2, 0.25) is 0 Å². The molecule has 0 saturated heterocycles. The molecule has 4 heteroatoms. The standard InChI is InChI=1S/C14H10ClFN2/c15-8-13-17-12-6-2-5-11(14(12)18-13)9-3-1-4-10(16)7-9/h1-7H,8H2,(H,17,18). The van der Waals surface area contributed by atoms with Gasteiger partial charge in [0.2, 0.25) is 0 Å². The van der Waals surface area contributed by atoms with E-state index in [1.807, 2.05) is 24.3 Å². The number of aromatic nitrogens is 2. The number of fused-ring (bicyclic) bond motifs is 1. The van der Waals surface area contributed by atoms with E-state index < -0.39 is 0 Å². The number of nitrogens with one attached hydrogen (secondary N) is 1. The Kier molecular flexibility index (Phi) is 2.76. The first-order valence-corrected chi connectivity index (χ1v) is 6.11. The molecule has 18 heavy (non-hydrogen) atoms. The maximum absolute atomic E-state index is 13.3. The topological polar surface area (TPSA) is 28.7 Å². The van der Waals surface area contributed by atoms with Gasteiger partial charge in [0.1, 0.15) is 11.6 Å². The molecule has 1 heterocycles. The zero-order valence-electron chi connectivity index (χ0n) is 9.45. The van der Waals surface area contributed by atoms with E-state index in [1.54, 1.807) is 6.07 Å². The van der Waals surface area contributed by atoms with Gasteiger partial charge in [0, 0.05) is 5.56 Å². The predicted molar refractivity (Wildman–Crippen MR) is 71.0 cm³/mol. The van der Waals surface area contributed by atoms with Gasteiger partial charge in [-0.2, -0.15) is 0 Å². The van der Waals surface area contributed by atoms with Crippen molar-refractivity contribution in [2.24, 2.45) is 0 Å². The highest BCUT2D eigenvalue weighted by molar-refractivity contribution is 6.16. The molecule has 0 radical (unpaired) electrons. The lowest BCUT2D eigenvalue weighted by Gasteiger charge is -2.02. The Labute approximate surface area is 108 Å². The highest BCUT2D eigenvalue weighted by Gasteiger charge is 2.08. The lowest BCUT2D eigenvalue weighted by atomic mass is 10.0. The third-order valence-corrected chi connectivity index (χ3v) is 3.08. The van der Waals surface area contributed by atoms with Crippen LogP contribution in [0.4, 0.5) is 4.39 Å². The Morgan fingerprint density at radius 1 is 1.17 bits per heavy atom. The van der Waals surface area contributed by atoms with Gasteiger partial charge in [-0.3, -0.25) is 0 Å². The fraction of sp³-hybridized carbons (Fsp3) is 0.0714. The summed E-state index contributed by atoms with van der Waals surface area (Å²) in [5.74, 6) is 0.796. The normalized spacial score (nSPS) is 11.0. The molecule has 0 unspecified atom stereocenters. The van der Waals surface area contributed by atoms with Crippen molar-refractivity contribution in [2.45, 2.75) is 5.88 Å². The van der Waals surface area contributed by atoms with E-state index in [0.29, 0.717) is 5.88 Å². The summed E-state index contributed by atoms with van der Waals surface area (Å²) in [5, 5.41) is 0. The molecular formula is C14H10ClFN2. The van der Waals surface area contributed by atoms with Gasteiger partial charge in [-0.1, -0.05) is 24.3 Å². The number of rotatable bonds is 2. The number of nitrogens with zero attached hydrogens (tertiary/aromatic N) is 1. The van der Waals surface area contributed by atoms with Crippen molar-refractivity contribution in [1.29, 1.82) is 0 Å². The lowest BCUT2D eigenvalue weighted by Crippen LogP contribution is -1.82. The third kappa shape index (κ3) is 1.87. The molecular weight excluding hydrogens is 251 g/mol. The van der Waals surface area contributed by atoms with E-state index in [2.05, 4.69) is 9.97 Å². The molecule has 2 aromatic carbocycles. The lowest BCUT2D eigenvalue weighted by molar-refractivity contribution is 0.628. The number of imidazole rings is 1. The minimum absolute atomic E-state index is 0.252. The molecule has 1 aromatic heterocycles. The van der Waals surface area contributed by atoms with Crippen LogP contribution in [-0.2, 0) is 5.88 Å². The number of hydrogen-bond acceptors (Lipinski definition) is 1. The molecule has 90 valence electrons. The van der Waals surface area contributed by atoms with Crippen LogP contribution in [0.3, 0.4) is 0 Å². The molecule has 0 aliphatic heterocycles. The van der Waals surface area contributed by atoms with Crippen molar-refractivity contribution in [2.75, 3.05) is 0 Å². The van der Waals surface area contributed by atoms with Crippen molar-refractivity contribution >= 4 is 22.6 Å². The van der Waals surface area contributed by atoms with Crippen molar-refractivity contribution in [1.82, 2.24) is 9.97 Å². The summed E-state index contributed by atoms with van der Waals surface area (Å²) in [5.41, 5.74) is 3.44. The molecule has 2 nitrogen and oxygen atoms in total. The first-order chi connectivity index (χ1) is 8.78. The Morgan fingerprint density at radius 3 is 2.78 bits per heavy atom. The van der Waals surface area contributed by atoms with Gasteiger partial charge in [-0.05, 0) is 23.8 Å². The smallest absolute Gasteiger partial charge is 0.123 e. The Bertz CT molecular complexity index is 706. The summed E-state index contributed by atoms with van der Waals surface area (Å²) < 4.78 is 13.3. The van der Waals surface area contributed by atoms with Gasteiger partial charge in [-0.25, -0.2) is 9.37 Å². The van der Waals surface area contributed by atoms with E-state index in [-0.39, 0.29) is 5.82 Å². The van der Waals surface area contributed by atoms with Crippen molar-refractivity contribution < 1.29 is 4.39 Å². The molecule has 0 atom stereocenters. The molecule has 1 N–H and O–H groups in total. The minimum Gasteiger partial charge on any atom is -0.341 e. The molecule has 0 aliphatic rings. The summed E-state index contributed by atoms with van der Waals surface area (Å²) in [6.45, 7) is 0. The second-order valence-electron chi connectivity index (χ2n) is 4.03. The van der Waals surface area contributed by atoms with Gasteiger partial charge >= 0.3 is 0 Å². The number of hydrogen-bond donors (Lipinski definition) is 1. The molecule has 0 spiro atoms. The predicted octanol–water partition coefficient (Wildman–Crippen LogP) is 4.11. The van der Waals surface area contributed by atoms with E-state index in [1.165, 1.54) is 12.1 Å². The van der Waals surface area contributed by atoms with Gasteiger partial charge in [0.05, 0.1) is 16.9 Å². The Morgan fingerprint density at radius 2 is 2.00 bits per heavy atom. The van der Waals surface area contributed by atoms with Crippen LogP contribution < -0.4 is 0 Å². The fourth-order valence-corrected chi connectivity index (χ4v) is 2.16. The first-order valence-electron chi connectivity index (χ1n) is 5.57. The van der Waals surface area contributed by atoms with Crippen LogP contribution in [0.15, 0.2) is 42.5 Å². The van der Waals surface area contributed by atoms with Crippen LogP contribution in [0, 0.1) is 5.82 Å². The SMILES string of the molecule is Fc1cccc(-c2cccc3[nH]c(CCl)nc23)c1. The van der Waals surface area contributed by atoms with Gasteiger partial charge in [0.25, 0.3) is 0 Å². The second kappa shape index (κ2) is 4.42. The van der Waals surface area contributed by atoms with Gasteiger partial charge < -0.3 is 4.98 Å². The number of para-hydroxylation sites is 1. The van der Waals surface area contributed by atoms with Crippen LogP contribution in [0.25, 0.3) is 22.2 Å². The van der Waals surface area contributed by atoms with Crippen molar-refractivity contribution in [3.63, 3.8) is 0 Å². The van der Waals surface area contributed by atoms with E-state index in [9.17, 15) is 4.39 Å². The average molecular weight is 261 g/mol. The number of benzene rings is 2. The van der Waals surface area contributed by atoms with Crippen LogP contribution in [-0.4, -0.2) is 9.97 Å². The maximum atomic E-state index is 13.3. The summed E-state index contributed by atoms with van der Waals surface area (Å²) >= 11 is 5.77. The van der Waals surface area contributed by atoms with E-state index >= 15 is 0 Å². The summed E-state index contributed by atoms with van der Waals surface area (Å²) in [4.78, 5) is 7.56. The molecule has 0 aliphatic carbocycles. The largest absolute Gasteiger partial charge is 0.341 e. The maximum Gasteiger partial charge on any atom is 0.123 e. The monoisotopic (exact) mass is 260 g/mol. The second-order valence-corrected chi connectivity index (χ2v) is 4.30. The number of halogens is 2. The highest BCUT2D eigenvalue weighted by Crippen LogP contribution is 2.27. The Balaban J connectivity index is 2.25. The van der Waals surface area contributed by atoms with Crippen LogP contribution in [0.1, 0.15) is 5.82 Å². The zero-order chi connectivity index (χ0) is 12.5. The molecule has 0 saturated carbocycles. The average Bonchev–Trinajstić information content (AvgIpc) is 2.81. The summed E-state index contributed by atoms with van der Waals surface area (Å²) in [6.07, 6.45) is 0. The highest BCUT2D eigenvalue weighted by atomic mass is 35.5. The molecule has 3 aromatic rings. The van der Waals surface area contributed by atoms with Crippen molar-refractivity contribution in [3.8, 4) is 11.1 Å². The molecule has 0 fully saturated rings. The van der Waals surface area contributed by atoms with Gasteiger partial charge in [-0.15, -0.1) is 11.6 Å². The van der Waals surface area contributed by atoms with Crippen LogP contribution in [0.5, 0.6) is 0 Å². The zero-order valence-corrected chi connectivity index (χ0v) is 10.2. The van der Waals surface area contributed by atoms with E-state index in [4.69, 9.17) is 11.6 Å². The number of aromatic amines is 1. The first kappa shape index (κ1) is 11.2. The van der Waals surface area contributed by atoms with Crippen LogP contribution >= 0.6 is 11.6 Å². The molecule has 3 rings (SSSR count). The fourth-order valence-electron chi connectivity index (χ4n) is 2.04. The Hall–Kier alpha value is -1.87. The minimum atomic E-state index is -0.252. The third-order valence-electron chi connectivity index (χ3n) is 2.82.